The highest BCUT2D eigenvalue weighted by molar-refractivity contribution is 6.32. The van der Waals surface area contributed by atoms with E-state index in [1.165, 1.54) is 18.2 Å². The van der Waals surface area contributed by atoms with Gasteiger partial charge in [-0.25, -0.2) is 5.43 Å². The molecule has 0 bridgehead atoms. The van der Waals surface area contributed by atoms with Crippen LogP contribution in [0.3, 0.4) is 0 Å². The molecule has 1 heterocycles. The smallest absolute Gasteiger partial charge is 0.271 e. The predicted octanol–water partition coefficient (Wildman–Crippen LogP) is 4.43. The minimum absolute atomic E-state index is 0.0192. The van der Waals surface area contributed by atoms with Crippen LogP contribution in [-0.4, -0.2) is 53.8 Å². The van der Waals surface area contributed by atoms with Crippen LogP contribution >= 0.6 is 11.6 Å². The van der Waals surface area contributed by atoms with E-state index in [0.29, 0.717) is 19.7 Å². The van der Waals surface area contributed by atoms with Crippen LogP contribution in [0.15, 0.2) is 59.7 Å². The standard InChI is InChI=1S/C28H27ClN4O4/c29-25-15-20(10-11-26(25)34)28(36)32-31-17-21-9-8-19(23-6-1-2-7-24(21)23)16-27(35)33(13-4-12-30)18-22-5-3-14-37-22/h1-2,6-11,15,17,22,34H,3-5,13-14,16,18H2,(H,32,36)/b31-17+. The van der Waals surface area contributed by atoms with Crippen LogP contribution in [0.25, 0.3) is 10.8 Å². The number of nitriles is 1. The zero-order valence-electron chi connectivity index (χ0n) is 20.2. The van der Waals surface area contributed by atoms with Crippen molar-refractivity contribution < 1.29 is 19.4 Å². The van der Waals surface area contributed by atoms with E-state index >= 15 is 0 Å². The van der Waals surface area contributed by atoms with Crippen LogP contribution < -0.4 is 5.43 Å². The topological polar surface area (TPSA) is 115 Å². The second-order valence-electron chi connectivity index (χ2n) is 8.78. The molecule has 1 aliphatic heterocycles. The lowest BCUT2D eigenvalue weighted by atomic mass is 9.97. The van der Waals surface area contributed by atoms with Gasteiger partial charge in [-0.3, -0.25) is 9.59 Å². The number of carbonyl (C=O) groups excluding carboxylic acids is 2. The largest absolute Gasteiger partial charge is 0.506 e. The summed E-state index contributed by atoms with van der Waals surface area (Å²) in [6, 6.07) is 17.7. The highest BCUT2D eigenvalue weighted by Gasteiger charge is 2.23. The first kappa shape index (κ1) is 26.1. The van der Waals surface area contributed by atoms with Crippen molar-refractivity contribution in [2.45, 2.75) is 31.8 Å². The number of amides is 2. The van der Waals surface area contributed by atoms with Crippen molar-refractivity contribution in [1.82, 2.24) is 10.3 Å². The number of aromatic hydroxyl groups is 1. The van der Waals surface area contributed by atoms with Gasteiger partial charge in [0.15, 0.2) is 0 Å². The Labute approximate surface area is 220 Å². The molecule has 0 radical (unpaired) electrons. The summed E-state index contributed by atoms with van der Waals surface area (Å²) < 4.78 is 5.70. The maximum atomic E-state index is 13.2. The van der Waals surface area contributed by atoms with Crippen molar-refractivity contribution in [3.63, 3.8) is 0 Å². The molecular weight excluding hydrogens is 492 g/mol. The molecule has 1 atom stereocenters. The Morgan fingerprint density at radius 1 is 1.22 bits per heavy atom. The van der Waals surface area contributed by atoms with Gasteiger partial charge < -0.3 is 14.7 Å². The molecule has 9 heteroatoms. The first-order valence-corrected chi connectivity index (χ1v) is 12.4. The molecule has 1 unspecified atom stereocenters. The lowest BCUT2D eigenvalue weighted by Crippen LogP contribution is -2.39. The summed E-state index contributed by atoms with van der Waals surface area (Å²) in [7, 11) is 0. The number of fused-ring (bicyclic) bond motifs is 1. The minimum Gasteiger partial charge on any atom is -0.506 e. The molecule has 1 fully saturated rings. The van der Waals surface area contributed by atoms with Crippen molar-refractivity contribution in [2.75, 3.05) is 19.7 Å². The lowest BCUT2D eigenvalue weighted by molar-refractivity contribution is -0.132. The number of hydrazone groups is 1. The van der Waals surface area contributed by atoms with Crippen LogP contribution in [0.1, 0.15) is 40.7 Å². The SMILES string of the molecule is N#CCCN(CC1CCCO1)C(=O)Cc1ccc(/C=N/NC(=O)c2ccc(O)c(Cl)c2)c2ccccc12. The third-order valence-electron chi connectivity index (χ3n) is 6.26. The molecule has 8 nitrogen and oxygen atoms in total. The van der Waals surface area contributed by atoms with Gasteiger partial charge in [-0.15, -0.1) is 0 Å². The molecule has 0 aliphatic carbocycles. The average molecular weight is 519 g/mol. The number of phenols is 1. The Kier molecular flexibility index (Phi) is 8.72. The third-order valence-corrected chi connectivity index (χ3v) is 6.57. The number of benzene rings is 3. The van der Waals surface area contributed by atoms with Gasteiger partial charge in [-0.1, -0.05) is 48.0 Å². The van der Waals surface area contributed by atoms with E-state index in [2.05, 4.69) is 16.6 Å². The Hall–Kier alpha value is -3.93. The quantitative estimate of drug-likeness (QED) is 0.321. The summed E-state index contributed by atoms with van der Waals surface area (Å²) in [6.45, 7) is 1.58. The molecule has 0 spiro atoms. The van der Waals surface area contributed by atoms with Gasteiger partial charge in [0.1, 0.15) is 5.75 Å². The maximum Gasteiger partial charge on any atom is 0.271 e. The summed E-state index contributed by atoms with van der Waals surface area (Å²) in [4.78, 5) is 27.3. The molecule has 2 amide bonds. The van der Waals surface area contributed by atoms with Gasteiger partial charge in [0.2, 0.25) is 5.91 Å². The Morgan fingerprint density at radius 3 is 2.76 bits per heavy atom. The van der Waals surface area contributed by atoms with Crippen LogP contribution in [0.4, 0.5) is 0 Å². The van der Waals surface area contributed by atoms with Gasteiger partial charge in [0.25, 0.3) is 5.91 Å². The highest BCUT2D eigenvalue weighted by Crippen LogP contribution is 2.25. The average Bonchev–Trinajstić information content (AvgIpc) is 3.42. The number of nitrogens with one attached hydrogen (secondary N) is 1. The van der Waals surface area contributed by atoms with Crippen molar-refractivity contribution in [3.8, 4) is 11.8 Å². The van der Waals surface area contributed by atoms with Gasteiger partial charge in [-0.2, -0.15) is 10.4 Å². The number of carbonyl (C=O) groups is 2. The molecule has 190 valence electrons. The van der Waals surface area contributed by atoms with Crippen molar-refractivity contribution in [2.24, 2.45) is 5.10 Å². The zero-order chi connectivity index (χ0) is 26.2. The van der Waals surface area contributed by atoms with Gasteiger partial charge in [0, 0.05) is 30.8 Å². The molecule has 4 rings (SSSR count). The van der Waals surface area contributed by atoms with Gasteiger partial charge in [0.05, 0.1) is 36.3 Å². The number of ether oxygens (including phenoxy) is 1. The minimum atomic E-state index is -0.464. The van der Waals surface area contributed by atoms with E-state index in [9.17, 15) is 14.7 Å². The van der Waals surface area contributed by atoms with Crippen molar-refractivity contribution in [1.29, 1.82) is 5.26 Å². The fraction of sp³-hybridized carbons (Fsp3) is 0.286. The fourth-order valence-electron chi connectivity index (χ4n) is 4.34. The Morgan fingerprint density at radius 2 is 2.03 bits per heavy atom. The third kappa shape index (κ3) is 6.64. The Bertz CT molecular complexity index is 1360. The van der Waals surface area contributed by atoms with Crippen molar-refractivity contribution >= 4 is 40.4 Å². The summed E-state index contributed by atoms with van der Waals surface area (Å²) in [5.41, 5.74) is 4.38. The second-order valence-corrected chi connectivity index (χ2v) is 9.19. The molecule has 37 heavy (non-hydrogen) atoms. The number of phenolic OH excluding ortho intramolecular Hbond substituents is 1. The number of nitrogens with zero attached hydrogens (tertiary/aromatic N) is 3. The highest BCUT2D eigenvalue weighted by atomic mass is 35.5. The van der Waals surface area contributed by atoms with Gasteiger partial charge >= 0.3 is 0 Å². The zero-order valence-corrected chi connectivity index (χ0v) is 20.9. The number of halogens is 1. The van der Waals surface area contributed by atoms with E-state index in [0.717, 1.165) is 34.7 Å². The van der Waals surface area contributed by atoms with Crippen LogP contribution in [0.2, 0.25) is 5.02 Å². The van der Waals surface area contributed by atoms with Crippen LogP contribution in [-0.2, 0) is 16.0 Å². The van der Waals surface area contributed by atoms with E-state index in [1.807, 2.05) is 36.4 Å². The van der Waals surface area contributed by atoms with E-state index in [1.54, 1.807) is 11.1 Å². The monoisotopic (exact) mass is 518 g/mol. The summed E-state index contributed by atoms with van der Waals surface area (Å²) in [6.07, 6.45) is 3.95. The number of hydrogen-bond donors (Lipinski definition) is 2. The van der Waals surface area contributed by atoms with E-state index in [4.69, 9.17) is 21.6 Å². The number of rotatable bonds is 9. The lowest BCUT2D eigenvalue weighted by Gasteiger charge is -2.25. The molecular formula is C28H27ClN4O4. The van der Waals surface area contributed by atoms with Crippen LogP contribution in [0.5, 0.6) is 5.75 Å². The number of hydrogen-bond acceptors (Lipinski definition) is 6. The maximum absolute atomic E-state index is 13.2. The van der Waals surface area contributed by atoms with E-state index < -0.39 is 5.91 Å². The molecule has 0 saturated carbocycles. The summed E-state index contributed by atoms with van der Waals surface area (Å²) in [5.74, 6) is -0.614. The predicted molar refractivity (Wildman–Crippen MR) is 142 cm³/mol. The Balaban J connectivity index is 1.49. The van der Waals surface area contributed by atoms with Gasteiger partial charge in [-0.05, 0) is 47.4 Å². The normalized spacial score (nSPS) is 15.1. The molecule has 3 aromatic rings. The fourth-order valence-corrected chi connectivity index (χ4v) is 4.52. The first-order chi connectivity index (χ1) is 18.0. The second kappa shape index (κ2) is 12.3. The molecule has 3 aromatic carbocycles. The molecule has 2 N–H and O–H groups in total. The summed E-state index contributed by atoms with van der Waals surface area (Å²) >= 11 is 5.87. The van der Waals surface area contributed by atoms with Crippen molar-refractivity contribution in [3.05, 3.63) is 76.3 Å². The molecule has 1 aliphatic rings. The van der Waals surface area contributed by atoms with Crippen LogP contribution in [0, 0.1) is 11.3 Å². The first-order valence-electron chi connectivity index (χ1n) is 12.0. The molecule has 1 saturated heterocycles. The molecule has 0 aromatic heterocycles. The summed E-state index contributed by atoms with van der Waals surface area (Å²) in [5, 5.41) is 24.5. The van der Waals surface area contributed by atoms with E-state index in [-0.39, 0.29) is 41.2 Å².